The number of nitrogens with zero attached hydrogens (tertiary/aromatic N) is 3. The molecule has 0 saturated carbocycles. The van der Waals surface area contributed by atoms with Crippen LogP contribution in [0.5, 0.6) is 0 Å². The Morgan fingerprint density at radius 1 is 1.24 bits per heavy atom. The summed E-state index contributed by atoms with van der Waals surface area (Å²) < 4.78 is 1.34. The summed E-state index contributed by atoms with van der Waals surface area (Å²) in [7, 11) is 0. The molecule has 0 unspecified atom stereocenters. The Balaban J connectivity index is 2.40. The van der Waals surface area contributed by atoms with Gasteiger partial charge in [0.25, 0.3) is 11.3 Å². The molecule has 2 heterocycles. The number of H-pyrrole nitrogens is 1. The first-order chi connectivity index (χ1) is 8.27. The second-order valence-electron chi connectivity index (χ2n) is 3.77. The van der Waals surface area contributed by atoms with E-state index in [-0.39, 0.29) is 5.56 Å². The third kappa shape index (κ3) is 1.44. The minimum Gasteiger partial charge on any atom is -0.278 e. The Bertz CT molecular complexity index is 727. The van der Waals surface area contributed by atoms with Crippen molar-refractivity contribution in [2.45, 2.75) is 6.92 Å². The molecular weight excluding hydrogens is 216 g/mol. The zero-order chi connectivity index (χ0) is 11.8. The topological polar surface area (TPSA) is 63.1 Å². The highest BCUT2D eigenvalue weighted by Crippen LogP contribution is 2.17. The standard InChI is InChI=1S/C12H10N4O/c1-8-10(9-5-3-2-4-6-9)11(17)16-12(15-8)13-7-14-16/h2-7H,1H3,(H,13,14,15). The predicted octanol–water partition coefficient (Wildman–Crippen LogP) is 1.39. The minimum atomic E-state index is -0.129. The zero-order valence-corrected chi connectivity index (χ0v) is 9.21. The van der Waals surface area contributed by atoms with Gasteiger partial charge in [0.1, 0.15) is 6.33 Å². The van der Waals surface area contributed by atoms with Gasteiger partial charge in [-0.3, -0.25) is 9.89 Å². The number of aromatic amines is 1. The maximum Gasteiger partial charge on any atom is 0.282 e. The minimum absolute atomic E-state index is 0.129. The Hall–Kier alpha value is -2.43. The van der Waals surface area contributed by atoms with Gasteiger partial charge in [0.15, 0.2) is 0 Å². The van der Waals surface area contributed by atoms with Crippen LogP contribution in [0.4, 0.5) is 0 Å². The van der Waals surface area contributed by atoms with Crippen molar-refractivity contribution in [1.29, 1.82) is 0 Å². The normalized spacial score (nSPS) is 10.9. The Morgan fingerprint density at radius 2 is 2.00 bits per heavy atom. The Kier molecular flexibility index (Phi) is 2.04. The van der Waals surface area contributed by atoms with E-state index < -0.39 is 0 Å². The lowest BCUT2D eigenvalue weighted by Gasteiger charge is -2.04. The molecule has 1 N–H and O–H groups in total. The summed E-state index contributed by atoms with van der Waals surface area (Å²) in [5.74, 6) is 0.396. The highest BCUT2D eigenvalue weighted by molar-refractivity contribution is 5.65. The summed E-state index contributed by atoms with van der Waals surface area (Å²) in [5, 5.41) is 2.76. The number of nitrogens with one attached hydrogen (secondary N) is 1. The molecule has 17 heavy (non-hydrogen) atoms. The average molecular weight is 226 g/mol. The molecule has 0 atom stereocenters. The van der Waals surface area contributed by atoms with Crippen molar-refractivity contribution in [2.24, 2.45) is 0 Å². The van der Waals surface area contributed by atoms with E-state index in [9.17, 15) is 4.79 Å². The van der Waals surface area contributed by atoms with Gasteiger partial charge in [-0.2, -0.15) is 4.52 Å². The number of hydrogen-bond donors (Lipinski definition) is 1. The third-order valence-corrected chi connectivity index (χ3v) is 2.68. The van der Waals surface area contributed by atoms with Crippen LogP contribution in [0.25, 0.3) is 16.9 Å². The molecule has 0 amide bonds. The van der Waals surface area contributed by atoms with E-state index in [2.05, 4.69) is 15.1 Å². The van der Waals surface area contributed by atoms with Gasteiger partial charge in [0.2, 0.25) is 0 Å². The number of rotatable bonds is 1. The van der Waals surface area contributed by atoms with Gasteiger partial charge in [-0.05, 0) is 12.5 Å². The van der Waals surface area contributed by atoms with Crippen molar-refractivity contribution in [3.05, 3.63) is 52.7 Å². The Morgan fingerprint density at radius 3 is 2.76 bits per heavy atom. The quantitative estimate of drug-likeness (QED) is 0.682. The SMILES string of the molecule is Cc1nc2nc[nH]n2c(=O)c1-c1ccccc1. The van der Waals surface area contributed by atoms with Gasteiger partial charge in [-0.1, -0.05) is 30.3 Å². The molecule has 0 spiro atoms. The van der Waals surface area contributed by atoms with Crippen LogP contribution in [0.15, 0.2) is 41.5 Å². The second-order valence-corrected chi connectivity index (χ2v) is 3.77. The fourth-order valence-electron chi connectivity index (χ4n) is 1.90. The highest BCUT2D eigenvalue weighted by Gasteiger charge is 2.12. The van der Waals surface area contributed by atoms with Gasteiger partial charge in [-0.15, -0.1) is 0 Å². The molecule has 0 aliphatic carbocycles. The summed E-state index contributed by atoms with van der Waals surface area (Å²) >= 11 is 0. The molecular formula is C12H10N4O. The predicted molar refractivity (Wildman–Crippen MR) is 63.8 cm³/mol. The highest BCUT2D eigenvalue weighted by atomic mass is 16.1. The fraction of sp³-hybridized carbons (Fsp3) is 0.0833. The van der Waals surface area contributed by atoms with Crippen LogP contribution in [0.2, 0.25) is 0 Å². The lowest BCUT2D eigenvalue weighted by Crippen LogP contribution is -2.19. The molecule has 0 bridgehead atoms. The lowest BCUT2D eigenvalue weighted by atomic mass is 10.1. The van der Waals surface area contributed by atoms with E-state index in [0.29, 0.717) is 17.0 Å². The maximum atomic E-state index is 12.3. The van der Waals surface area contributed by atoms with Gasteiger partial charge < -0.3 is 0 Å². The molecule has 0 aliphatic rings. The molecule has 1 aromatic carbocycles. The van der Waals surface area contributed by atoms with E-state index in [4.69, 9.17) is 0 Å². The molecule has 84 valence electrons. The summed E-state index contributed by atoms with van der Waals surface area (Å²) in [4.78, 5) is 20.5. The zero-order valence-electron chi connectivity index (χ0n) is 9.21. The van der Waals surface area contributed by atoms with Crippen molar-refractivity contribution < 1.29 is 0 Å². The van der Waals surface area contributed by atoms with Crippen molar-refractivity contribution in [3.63, 3.8) is 0 Å². The summed E-state index contributed by atoms with van der Waals surface area (Å²) in [6.45, 7) is 1.82. The third-order valence-electron chi connectivity index (χ3n) is 2.68. The first-order valence-corrected chi connectivity index (χ1v) is 5.25. The smallest absolute Gasteiger partial charge is 0.278 e. The molecule has 0 fully saturated rings. The van der Waals surface area contributed by atoms with E-state index in [0.717, 1.165) is 5.56 Å². The van der Waals surface area contributed by atoms with E-state index in [1.807, 2.05) is 37.3 Å². The van der Waals surface area contributed by atoms with E-state index in [1.54, 1.807) is 0 Å². The second kappa shape index (κ2) is 3.55. The van der Waals surface area contributed by atoms with Gasteiger partial charge in [-0.25, -0.2) is 9.97 Å². The number of aryl methyl sites for hydroxylation is 1. The number of benzene rings is 1. The van der Waals surface area contributed by atoms with Gasteiger partial charge in [0.05, 0.1) is 11.3 Å². The largest absolute Gasteiger partial charge is 0.282 e. The van der Waals surface area contributed by atoms with Crippen molar-refractivity contribution in [3.8, 4) is 11.1 Å². The van der Waals surface area contributed by atoms with Crippen LogP contribution in [-0.2, 0) is 0 Å². The molecule has 5 nitrogen and oxygen atoms in total. The average Bonchev–Trinajstić information content (AvgIpc) is 2.78. The monoisotopic (exact) mass is 226 g/mol. The fourth-order valence-corrected chi connectivity index (χ4v) is 1.90. The summed E-state index contributed by atoms with van der Waals surface area (Å²) in [6, 6.07) is 9.51. The molecule has 2 aromatic heterocycles. The number of aromatic nitrogens is 4. The molecule has 3 rings (SSSR count). The Labute approximate surface area is 96.8 Å². The van der Waals surface area contributed by atoms with Crippen molar-refractivity contribution in [1.82, 2.24) is 19.6 Å². The molecule has 0 aliphatic heterocycles. The van der Waals surface area contributed by atoms with Crippen LogP contribution in [0.1, 0.15) is 5.69 Å². The van der Waals surface area contributed by atoms with Gasteiger partial charge >= 0.3 is 0 Å². The first-order valence-electron chi connectivity index (χ1n) is 5.25. The molecule has 5 heteroatoms. The van der Waals surface area contributed by atoms with E-state index in [1.165, 1.54) is 10.8 Å². The van der Waals surface area contributed by atoms with E-state index >= 15 is 0 Å². The van der Waals surface area contributed by atoms with Crippen molar-refractivity contribution >= 4 is 5.78 Å². The summed E-state index contributed by atoms with van der Waals surface area (Å²) in [5.41, 5.74) is 2.03. The molecule has 3 aromatic rings. The van der Waals surface area contributed by atoms with Crippen LogP contribution in [-0.4, -0.2) is 19.6 Å². The van der Waals surface area contributed by atoms with Crippen LogP contribution in [0, 0.1) is 6.92 Å². The van der Waals surface area contributed by atoms with Gasteiger partial charge in [0, 0.05) is 0 Å². The van der Waals surface area contributed by atoms with Crippen molar-refractivity contribution in [2.75, 3.05) is 0 Å². The first kappa shape index (κ1) is 9.77. The van der Waals surface area contributed by atoms with Crippen LogP contribution >= 0.6 is 0 Å². The maximum absolute atomic E-state index is 12.3. The number of fused-ring (bicyclic) bond motifs is 1. The van der Waals surface area contributed by atoms with Crippen LogP contribution in [0.3, 0.4) is 0 Å². The number of hydrogen-bond acceptors (Lipinski definition) is 3. The van der Waals surface area contributed by atoms with Crippen LogP contribution < -0.4 is 5.56 Å². The lowest BCUT2D eigenvalue weighted by molar-refractivity contribution is 0.892. The molecule has 0 saturated heterocycles. The summed E-state index contributed by atoms with van der Waals surface area (Å²) in [6.07, 6.45) is 1.46. The molecule has 0 radical (unpaired) electrons.